The molecule has 0 unspecified atom stereocenters. The van der Waals surface area contributed by atoms with E-state index in [4.69, 9.17) is 33.7 Å². The zero-order chi connectivity index (χ0) is 12.3. The SMILES string of the molecule is NC(=O)COc1c(Cl)cc([N+](=O)[O-])cc1Cl. The quantitative estimate of drug-likeness (QED) is 0.662. The minimum absolute atomic E-state index is 0.00673. The van der Waals surface area contributed by atoms with E-state index < -0.39 is 17.4 Å². The molecule has 0 aliphatic rings. The molecule has 0 spiro atoms. The summed E-state index contributed by atoms with van der Waals surface area (Å²) in [5, 5.41) is 10.3. The summed E-state index contributed by atoms with van der Waals surface area (Å²) in [6.07, 6.45) is 0. The highest BCUT2D eigenvalue weighted by Gasteiger charge is 2.16. The van der Waals surface area contributed by atoms with Gasteiger partial charge in [0.25, 0.3) is 11.6 Å². The normalized spacial score (nSPS) is 9.88. The third-order valence-electron chi connectivity index (χ3n) is 1.55. The number of amides is 1. The molecule has 8 heteroatoms. The second kappa shape index (κ2) is 5.00. The molecule has 2 N–H and O–H groups in total. The van der Waals surface area contributed by atoms with Gasteiger partial charge in [-0.15, -0.1) is 0 Å². The minimum Gasteiger partial charge on any atom is -0.481 e. The summed E-state index contributed by atoms with van der Waals surface area (Å²) in [7, 11) is 0. The maximum atomic E-state index is 10.5. The summed E-state index contributed by atoms with van der Waals surface area (Å²) in [5.41, 5.74) is 4.60. The molecule has 1 aromatic carbocycles. The summed E-state index contributed by atoms with van der Waals surface area (Å²) in [4.78, 5) is 20.3. The fraction of sp³-hybridized carbons (Fsp3) is 0.125. The van der Waals surface area contributed by atoms with Crippen LogP contribution in [0, 0.1) is 10.1 Å². The standard InChI is InChI=1S/C8H6Cl2N2O4/c9-5-1-4(12(14)15)2-6(10)8(5)16-3-7(11)13/h1-2H,3H2,(H2,11,13). The molecule has 0 aliphatic carbocycles. The van der Waals surface area contributed by atoms with E-state index in [1.807, 2.05) is 0 Å². The Morgan fingerprint density at radius 1 is 1.44 bits per heavy atom. The van der Waals surface area contributed by atoms with Crippen molar-refractivity contribution in [2.45, 2.75) is 0 Å². The van der Waals surface area contributed by atoms with Gasteiger partial charge >= 0.3 is 0 Å². The third-order valence-corrected chi connectivity index (χ3v) is 2.11. The highest BCUT2D eigenvalue weighted by Crippen LogP contribution is 2.36. The number of hydrogen-bond donors (Lipinski definition) is 1. The molecule has 0 saturated heterocycles. The fourth-order valence-electron chi connectivity index (χ4n) is 0.933. The van der Waals surface area contributed by atoms with Crippen LogP contribution in [0.25, 0.3) is 0 Å². The molecule has 86 valence electrons. The maximum Gasteiger partial charge on any atom is 0.272 e. The van der Waals surface area contributed by atoms with Crippen molar-refractivity contribution in [2.75, 3.05) is 6.61 Å². The van der Waals surface area contributed by atoms with E-state index in [0.29, 0.717) is 0 Å². The Morgan fingerprint density at radius 2 is 1.94 bits per heavy atom. The molecule has 1 rings (SSSR count). The second-order valence-corrected chi connectivity index (χ2v) is 3.57. The topological polar surface area (TPSA) is 95.5 Å². The number of ether oxygens (including phenoxy) is 1. The number of carbonyl (C=O) groups excluding carboxylic acids is 1. The first-order valence-corrected chi connectivity index (χ1v) is 4.72. The molecular weight excluding hydrogens is 259 g/mol. The number of halogens is 2. The minimum atomic E-state index is -0.703. The highest BCUT2D eigenvalue weighted by molar-refractivity contribution is 6.37. The van der Waals surface area contributed by atoms with E-state index >= 15 is 0 Å². The number of carbonyl (C=O) groups is 1. The lowest BCUT2D eigenvalue weighted by Crippen LogP contribution is -2.20. The Labute approximate surface area is 100 Å². The molecule has 0 atom stereocenters. The third kappa shape index (κ3) is 2.98. The van der Waals surface area contributed by atoms with Crippen LogP contribution < -0.4 is 10.5 Å². The van der Waals surface area contributed by atoms with Crippen molar-refractivity contribution in [3.8, 4) is 5.75 Å². The van der Waals surface area contributed by atoms with E-state index in [1.165, 1.54) is 0 Å². The number of nitro benzene ring substituents is 1. The molecular formula is C8H6Cl2N2O4. The molecule has 0 bridgehead atoms. The van der Waals surface area contributed by atoms with E-state index in [0.717, 1.165) is 12.1 Å². The molecule has 1 amide bonds. The smallest absolute Gasteiger partial charge is 0.272 e. The van der Waals surface area contributed by atoms with Crippen molar-refractivity contribution in [2.24, 2.45) is 5.73 Å². The van der Waals surface area contributed by atoms with E-state index in [2.05, 4.69) is 0 Å². The monoisotopic (exact) mass is 264 g/mol. The first-order chi connectivity index (χ1) is 7.41. The number of hydrogen-bond acceptors (Lipinski definition) is 4. The van der Waals surface area contributed by atoms with Crippen molar-refractivity contribution in [3.63, 3.8) is 0 Å². The van der Waals surface area contributed by atoms with Crippen LogP contribution in [-0.4, -0.2) is 17.4 Å². The molecule has 0 aromatic heterocycles. The van der Waals surface area contributed by atoms with Gasteiger partial charge < -0.3 is 10.5 Å². The van der Waals surface area contributed by atoms with Crippen LogP contribution in [0.5, 0.6) is 5.75 Å². The largest absolute Gasteiger partial charge is 0.481 e. The Bertz CT molecular complexity index is 427. The van der Waals surface area contributed by atoms with E-state index in [1.54, 1.807) is 0 Å². The second-order valence-electron chi connectivity index (χ2n) is 2.75. The predicted octanol–water partition coefficient (Wildman–Crippen LogP) is 1.77. The number of benzene rings is 1. The molecule has 0 saturated carbocycles. The molecule has 0 heterocycles. The Hall–Kier alpha value is -1.53. The first-order valence-electron chi connectivity index (χ1n) is 3.96. The van der Waals surface area contributed by atoms with Crippen molar-refractivity contribution < 1.29 is 14.5 Å². The van der Waals surface area contributed by atoms with E-state index in [-0.39, 0.29) is 21.5 Å². The highest BCUT2D eigenvalue weighted by atomic mass is 35.5. The molecule has 0 radical (unpaired) electrons. The number of nitro groups is 1. The zero-order valence-electron chi connectivity index (χ0n) is 7.78. The Kier molecular flexibility index (Phi) is 3.92. The number of nitrogens with two attached hydrogens (primary N) is 1. The van der Waals surface area contributed by atoms with Gasteiger partial charge in [-0.25, -0.2) is 0 Å². The summed E-state index contributed by atoms with van der Waals surface area (Å²) in [5.74, 6) is -0.710. The van der Waals surface area contributed by atoms with Gasteiger partial charge in [0.2, 0.25) is 0 Å². The molecule has 1 aromatic rings. The van der Waals surface area contributed by atoms with Crippen LogP contribution in [0.1, 0.15) is 0 Å². The van der Waals surface area contributed by atoms with Gasteiger partial charge in [-0.3, -0.25) is 14.9 Å². The van der Waals surface area contributed by atoms with Crippen LogP contribution in [0.4, 0.5) is 5.69 Å². The number of rotatable bonds is 4. The lowest BCUT2D eigenvalue weighted by Gasteiger charge is -2.07. The fourth-order valence-corrected chi connectivity index (χ4v) is 1.52. The van der Waals surface area contributed by atoms with Crippen LogP contribution >= 0.6 is 23.2 Å². The van der Waals surface area contributed by atoms with Gasteiger partial charge in [0, 0.05) is 12.1 Å². The summed E-state index contributed by atoms with van der Waals surface area (Å²) in [6.45, 7) is -0.406. The predicted molar refractivity (Wildman–Crippen MR) is 57.8 cm³/mol. The van der Waals surface area contributed by atoms with Crippen molar-refractivity contribution in [1.29, 1.82) is 0 Å². The lowest BCUT2D eigenvalue weighted by molar-refractivity contribution is -0.384. The van der Waals surface area contributed by atoms with Gasteiger partial charge in [-0.1, -0.05) is 23.2 Å². The Morgan fingerprint density at radius 3 is 2.31 bits per heavy atom. The average Bonchev–Trinajstić information content (AvgIpc) is 2.15. The van der Waals surface area contributed by atoms with Gasteiger partial charge in [0.05, 0.1) is 15.0 Å². The number of non-ortho nitro benzene ring substituents is 1. The van der Waals surface area contributed by atoms with Crippen LogP contribution in [-0.2, 0) is 4.79 Å². The molecule has 16 heavy (non-hydrogen) atoms. The summed E-state index contributed by atoms with van der Waals surface area (Å²) >= 11 is 11.4. The number of primary amides is 1. The van der Waals surface area contributed by atoms with Crippen molar-refractivity contribution in [3.05, 3.63) is 32.3 Å². The van der Waals surface area contributed by atoms with Crippen LogP contribution in [0.15, 0.2) is 12.1 Å². The average molecular weight is 265 g/mol. The molecule has 6 nitrogen and oxygen atoms in total. The number of nitrogens with zero attached hydrogens (tertiary/aromatic N) is 1. The first kappa shape index (κ1) is 12.5. The molecule has 0 aliphatic heterocycles. The Balaban J connectivity index is 3.03. The summed E-state index contributed by atoms with van der Waals surface area (Å²) < 4.78 is 4.90. The zero-order valence-corrected chi connectivity index (χ0v) is 9.29. The van der Waals surface area contributed by atoms with Crippen molar-refractivity contribution >= 4 is 34.8 Å². The van der Waals surface area contributed by atoms with Gasteiger partial charge in [0.1, 0.15) is 0 Å². The van der Waals surface area contributed by atoms with Gasteiger partial charge in [0.15, 0.2) is 12.4 Å². The van der Waals surface area contributed by atoms with Crippen molar-refractivity contribution in [1.82, 2.24) is 0 Å². The van der Waals surface area contributed by atoms with Crippen LogP contribution in [0.2, 0.25) is 10.0 Å². The molecule has 0 fully saturated rings. The van der Waals surface area contributed by atoms with Gasteiger partial charge in [-0.05, 0) is 0 Å². The van der Waals surface area contributed by atoms with E-state index in [9.17, 15) is 14.9 Å². The lowest BCUT2D eigenvalue weighted by atomic mass is 10.3. The van der Waals surface area contributed by atoms with Crippen LogP contribution in [0.3, 0.4) is 0 Å². The summed E-state index contributed by atoms with van der Waals surface area (Å²) in [6, 6.07) is 2.15. The van der Waals surface area contributed by atoms with Gasteiger partial charge in [-0.2, -0.15) is 0 Å². The maximum absolute atomic E-state index is 10.5.